The van der Waals surface area contributed by atoms with Gasteiger partial charge < -0.3 is 18.2 Å². The summed E-state index contributed by atoms with van der Waals surface area (Å²) in [4.78, 5) is 2.36. The Hall–Kier alpha value is -9.38. The number of para-hydroxylation sites is 4. The molecule has 0 amide bonds. The van der Waals surface area contributed by atoms with Crippen molar-refractivity contribution in [3.8, 4) is 44.5 Å². The van der Waals surface area contributed by atoms with E-state index in [1.165, 1.54) is 66.8 Å². The summed E-state index contributed by atoms with van der Waals surface area (Å²) in [5.74, 6) is 0. The molecule has 0 radical (unpaired) electrons. The number of rotatable bonds is 4. The van der Waals surface area contributed by atoms with Gasteiger partial charge in [-0.25, -0.2) is 0 Å². The molecule has 0 atom stereocenters. The van der Waals surface area contributed by atoms with Crippen LogP contribution < -0.4 is 4.90 Å². The lowest BCUT2D eigenvalue weighted by Gasteiger charge is -2.30. The van der Waals surface area contributed by atoms with Gasteiger partial charge in [-0.3, -0.25) is 0 Å². The van der Waals surface area contributed by atoms with E-state index in [2.05, 4.69) is 237 Å². The Morgan fingerprint density at radius 3 is 1.53 bits per heavy atom. The van der Waals surface area contributed by atoms with E-state index < -0.39 is 5.41 Å². The maximum absolute atomic E-state index is 7.74. The van der Waals surface area contributed by atoms with Crippen LogP contribution in [0.1, 0.15) is 47.2 Å². The number of fused-ring (bicyclic) bond motifs is 22. The molecule has 11 aromatic carbocycles. The molecule has 3 aromatic heterocycles. The van der Waals surface area contributed by atoms with Crippen molar-refractivity contribution in [3.05, 3.63) is 258 Å². The van der Waals surface area contributed by atoms with Crippen LogP contribution in [0.5, 0.6) is 0 Å². The number of hydrogen-bond donors (Lipinski definition) is 0. The van der Waals surface area contributed by atoms with Crippen LogP contribution in [0, 0.1) is 0 Å². The minimum absolute atomic E-state index is 0.216. The van der Waals surface area contributed by atoms with Gasteiger partial charge in [0.2, 0.25) is 0 Å². The Kier molecular flexibility index (Phi) is 7.71. The molecule has 0 fully saturated rings. The quantitative estimate of drug-likeness (QED) is 0.176. The first kappa shape index (κ1) is 40.2. The summed E-state index contributed by atoms with van der Waals surface area (Å²) in [5.41, 5.74) is 24.6. The van der Waals surface area contributed by atoms with Crippen LogP contribution >= 0.6 is 0 Å². The van der Waals surface area contributed by atoms with Crippen molar-refractivity contribution in [2.45, 2.75) is 24.7 Å². The molecule has 0 unspecified atom stereocenters. The molecule has 14 aromatic rings. The first-order valence-corrected chi connectivity index (χ1v) is 25.7. The fraction of sp³-hybridized carbons (Fsp3) is 0.0571. The highest BCUT2D eigenvalue weighted by atomic mass is 16.3. The largest absolute Gasteiger partial charge is 0.456 e. The summed E-state index contributed by atoms with van der Waals surface area (Å²) >= 11 is 0. The molecule has 3 aliphatic carbocycles. The Morgan fingerprint density at radius 2 is 0.811 bits per heavy atom. The Morgan fingerprint density at radius 1 is 0.311 bits per heavy atom. The second kappa shape index (κ2) is 14.2. The number of anilines is 3. The predicted octanol–water partition coefficient (Wildman–Crippen LogP) is 19.2. The summed E-state index contributed by atoms with van der Waals surface area (Å²) < 4.78 is 21.6. The summed E-state index contributed by atoms with van der Waals surface area (Å²) in [5, 5.41) is 6.23. The van der Waals surface area contributed by atoms with Crippen molar-refractivity contribution < 1.29 is 13.3 Å². The fourth-order valence-corrected chi connectivity index (χ4v) is 14.1. The topological polar surface area (TPSA) is 42.7 Å². The smallest absolute Gasteiger partial charge is 0.159 e. The SMILES string of the molecule is CC1(C)c2ccccc2-c2ccc(N(c3cccc4c3oc3ccccc34)c3cccc4c3oc3c(-c5cccc6c5-c5ccccc5C65c6ccccc6-c6ccccc65)c5c(cc34)oc3ccccc35)cc21. The maximum Gasteiger partial charge on any atom is 0.159 e. The van der Waals surface area contributed by atoms with E-state index in [0.717, 1.165) is 94.0 Å². The van der Waals surface area contributed by atoms with Gasteiger partial charge in [-0.1, -0.05) is 196 Å². The molecule has 0 saturated heterocycles. The van der Waals surface area contributed by atoms with Crippen LogP contribution in [0.3, 0.4) is 0 Å². The van der Waals surface area contributed by atoms with Crippen LogP contribution in [-0.4, -0.2) is 0 Å². The highest BCUT2D eigenvalue weighted by Gasteiger charge is 2.52. The van der Waals surface area contributed by atoms with Gasteiger partial charge in [0, 0.05) is 49.0 Å². The summed E-state index contributed by atoms with van der Waals surface area (Å²) in [6.45, 7) is 4.69. The first-order chi connectivity index (χ1) is 36.5. The Labute approximate surface area is 426 Å². The van der Waals surface area contributed by atoms with Crippen LogP contribution in [0.25, 0.3) is 110 Å². The molecule has 74 heavy (non-hydrogen) atoms. The minimum Gasteiger partial charge on any atom is -0.456 e. The zero-order valence-corrected chi connectivity index (χ0v) is 40.5. The first-order valence-electron chi connectivity index (χ1n) is 25.7. The van der Waals surface area contributed by atoms with Crippen molar-refractivity contribution in [2.75, 3.05) is 4.90 Å². The third kappa shape index (κ3) is 4.93. The van der Waals surface area contributed by atoms with Crippen molar-refractivity contribution >= 4 is 82.9 Å². The van der Waals surface area contributed by atoms with Crippen LogP contribution in [-0.2, 0) is 10.8 Å². The lowest BCUT2D eigenvalue weighted by atomic mass is 9.70. The number of benzene rings is 11. The molecule has 0 N–H and O–H groups in total. The van der Waals surface area contributed by atoms with Crippen LogP contribution in [0.2, 0.25) is 0 Å². The van der Waals surface area contributed by atoms with Gasteiger partial charge in [-0.15, -0.1) is 0 Å². The lowest BCUT2D eigenvalue weighted by Crippen LogP contribution is -2.25. The summed E-state index contributed by atoms with van der Waals surface area (Å²) in [6.07, 6.45) is 0. The van der Waals surface area contributed by atoms with Gasteiger partial charge in [-0.05, 0) is 115 Å². The third-order valence-corrected chi connectivity index (χ3v) is 17.1. The Bertz CT molecular complexity index is 4740. The normalized spacial score (nSPS) is 14.3. The number of hydrogen-bond acceptors (Lipinski definition) is 4. The summed E-state index contributed by atoms with van der Waals surface area (Å²) in [6, 6.07) is 81.9. The van der Waals surface area contributed by atoms with Gasteiger partial charge in [0.15, 0.2) is 11.2 Å². The van der Waals surface area contributed by atoms with Crippen LogP contribution in [0.15, 0.2) is 238 Å². The van der Waals surface area contributed by atoms with Crippen molar-refractivity contribution in [1.82, 2.24) is 0 Å². The molecule has 0 saturated carbocycles. The van der Waals surface area contributed by atoms with Crippen molar-refractivity contribution in [2.24, 2.45) is 0 Å². The van der Waals surface area contributed by atoms with Gasteiger partial charge >= 0.3 is 0 Å². The van der Waals surface area contributed by atoms with Gasteiger partial charge in [0.1, 0.15) is 22.3 Å². The van der Waals surface area contributed by atoms with E-state index >= 15 is 0 Å². The fourth-order valence-electron chi connectivity index (χ4n) is 14.1. The van der Waals surface area contributed by atoms with E-state index in [1.807, 2.05) is 6.07 Å². The highest BCUT2D eigenvalue weighted by Crippen LogP contribution is 2.65. The molecular formula is C70H43NO3. The third-order valence-electron chi connectivity index (χ3n) is 17.1. The minimum atomic E-state index is -0.508. The molecule has 17 rings (SSSR count). The molecular weight excluding hydrogens is 903 g/mol. The molecule has 346 valence electrons. The van der Waals surface area contributed by atoms with Gasteiger partial charge in [-0.2, -0.15) is 0 Å². The van der Waals surface area contributed by atoms with E-state index in [9.17, 15) is 0 Å². The lowest BCUT2D eigenvalue weighted by molar-refractivity contribution is 0.660. The standard InChI is InChI=1S/C70H43NO3/c1-69(2)52-27-9-3-18-41(52)44-37-36-40(38-57(44)69)71(58-32-16-24-46-45-21-7-13-34-60(45)73-66(46)58)59-33-17-25-47-51-39-62-64(49-23-8-14-35-61(49)72-62)65(68(51)74-67(47)59)50-26-15-31-56-63(50)48-22-6-12-30-55(48)70(56)53-28-10-4-19-42(53)43-20-5-11-29-54(43)70/h3-39H,1-2H3. The van der Waals surface area contributed by atoms with E-state index in [4.69, 9.17) is 13.3 Å². The monoisotopic (exact) mass is 945 g/mol. The zero-order chi connectivity index (χ0) is 48.6. The predicted molar refractivity (Wildman–Crippen MR) is 302 cm³/mol. The van der Waals surface area contributed by atoms with Crippen molar-refractivity contribution in [3.63, 3.8) is 0 Å². The van der Waals surface area contributed by atoms with E-state index in [1.54, 1.807) is 0 Å². The average Bonchev–Trinajstić information content (AvgIpc) is 4.31. The van der Waals surface area contributed by atoms with Gasteiger partial charge in [0.05, 0.1) is 16.8 Å². The molecule has 0 bridgehead atoms. The molecule has 3 aliphatic rings. The second-order valence-corrected chi connectivity index (χ2v) is 21.0. The summed E-state index contributed by atoms with van der Waals surface area (Å²) in [7, 11) is 0. The second-order valence-electron chi connectivity index (χ2n) is 21.0. The van der Waals surface area contributed by atoms with Gasteiger partial charge in [0.25, 0.3) is 0 Å². The maximum atomic E-state index is 7.74. The molecule has 3 heterocycles. The molecule has 1 spiro atoms. The van der Waals surface area contributed by atoms with Crippen molar-refractivity contribution in [1.29, 1.82) is 0 Å². The van der Waals surface area contributed by atoms with E-state index in [-0.39, 0.29) is 5.41 Å². The zero-order valence-electron chi connectivity index (χ0n) is 40.5. The molecule has 4 nitrogen and oxygen atoms in total. The Balaban J connectivity index is 0.978. The van der Waals surface area contributed by atoms with E-state index in [0.29, 0.717) is 0 Å². The number of nitrogens with zero attached hydrogens (tertiary/aromatic N) is 1. The van der Waals surface area contributed by atoms with Crippen LogP contribution in [0.4, 0.5) is 17.1 Å². The number of furan rings is 3. The molecule has 0 aliphatic heterocycles. The highest BCUT2D eigenvalue weighted by molar-refractivity contribution is 6.26. The molecule has 4 heteroatoms. The average molecular weight is 946 g/mol.